The molecule has 0 unspecified atom stereocenters. The normalized spacial score (nSPS) is 14.0. The van der Waals surface area contributed by atoms with Crippen LogP contribution in [0, 0.1) is 0 Å². The van der Waals surface area contributed by atoms with Gasteiger partial charge < -0.3 is 14.2 Å². The van der Waals surface area contributed by atoms with Crippen LogP contribution in [0.25, 0.3) is 0 Å². The maximum absolute atomic E-state index is 12.6. The molecule has 2 aromatic rings. The zero-order chi connectivity index (χ0) is 18.4. The summed E-state index contributed by atoms with van der Waals surface area (Å²) in [4.78, 5) is 18.9. The van der Waals surface area contributed by atoms with Crippen molar-refractivity contribution < 1.29 is 14.1 Å². The second-order valence-electron chi connectivity index (χ2n) is 6.69. The first-order chi connectivity index (χ1) is 12.7. The molecule has 1 aliphatic rings. The van der Waals surface area contributed by atoms with E-state index in [9.17, 15) is 4.79 Å². The number of carbonyl (C=O) groups excluding carboxylic acids is 1. The second kappa shape index (κ2) is 8.83. The first-order valence-corrected chi connectivity index (χ1v) is 9.45. The number of aryl methyl sites for hydroxylation is 2. The molecule has 2 heterocycles. The zero-order valence-corrected chi connectivity index (χ0v) is 15.7. The van der Waals surface area contributed by atoms with Crippen LogP contribution in [0.3, 0.4) is 0 Å². The Morgan fingerprint density at radius 2 is 2.12 bits per heavy atom. The number of benzene rings is 1. The van der Waals surface area contributed by atoms with Gasteiger partial charge in [-0.2, -0.15) is 4.98 Å². The fourth-order valence-electron chi connectivity index (χ4n) is 3.45. The fourth-order valence-corrected chi connectivity index (χ4v) is 3.45. The molecule has 1 amide bonds. The number of rotatable bonds is 7. The minimum atomic E-state index is 0.199. The number of aromatic nitrogens is 2. The van der Waals surface area contributed by atoms with Crippen LogP contribution in [0.15, 0.2) is 22.7 Å². The predicted molar refractivity (Wildman–Crippen MR) is 98.2 cm³/mol. The molecule has 0 bridgehead atoms. The SMILES string of the molecule is CCCc1noc(CCCC(=O)N2CCc3cccc(OC)c3CC2)n1. The van der Waals surface area contributed by atoms with Crippen LogP contribution >= 0.6 is 0 Å². The van der Waals surface area contributed by atoms with Crippen LogP contribution in [-0.4, -0.2) is 41.1 Å². The lowest BCUT2D eigenvalue weighted by Crippen LogP contribution is -2.33. The van der Waals surface area contributed by atoms with Crippen LogP contribution in [0.4, 0.5) is 0 Å². The molecule has 1 aromatic heterocycles. The number of hydrogen-bond donors (Lipinski definition) is 0. The van der Waals surface area contributed by atoms with Gasteiger partial charge in [-0.05, 0) is 42.9 Å². The van der Waals surface area contributed by atoms with Gasteiger partial charge in [0.05, 0.1) is 7.11 Å². The third-order valence-corrected chi connectivity index (χ3v) is 4.85. The Hall–Kier alpha value is -2.37. The van der Waals surface area contributed by atoms with E-state index >= 15 is 0 Å². The van der Waals surface area contributed by atoms with Crippen LogP contribution in [0.2, 0.25) is 0 Å². The van der Waals surface area contributed by atoms with Crippen molar-refractivity contribution in [2.45, 2.75) is 51.9 Å². The standard InChI is InChI=1S/C20H27N3O3/c1-3-6-18-21-19(26-22-18)9-5-10-20(24)23-13-11-15-7-4-8-17(25-2)16(15)12-14-23/h4,7-8H,3,5-6,9-14H2,1-2H3. The Bertz CT molecular complexity index is 742. The Morgan fingerprint density at radius 3 is 2.92 bits per heavy atom. The third kappa shape index (κ3) is 4.42. The zero-order valence-electron chi connectivity index (χ0n) is 15.7. The highest BCUT2D eigenvalue weighted by molar-refractivity contribution is 5.76. The van der Waals surface area contributed by atoms with E-state index in [-0.39, 0.29) is 5.91 Å². The van der Waals surface area contributed by atoms with Crippen molar-refractivity contribution in [2.24, 2.45) is 0 Å². The van der Waals surface area contributed by atoms with Crippen molar-refractivity contribution >= 4 is 5.91 Å². The van der Waals surface area contributed by atoms with Gasteiger partial charge in [-0.25, -0.2) is 0 Å². The number of ether oxygens (including phenoxy) is 1. The average molecular weight is 357 g/mol. The largest absolute Gasteiger partial charge is 0.496 e. The first-order valence-electron chi connectivity index (χ1n) is 9.45. The summed E-state index contributed by atoms with van der Waals surface area (Å²) >= 11 is 0. The molecule has 0 radical (unpaired) electrons. The number of nitrogens with zero attached hydrogens (tertiary/aromatic N) is 3. The topological polar surface area (TPSA) is 68.5 Å². The number of carbonyl (C=O) groups is 1. The summed E-state index contributed by atoms with van der Waals surface area (Å²) in [6.07, 6.45) is 5.46. The van der Waals surface area contributed by atoms with Crippen LogP contribution in [-0.2, 0) is 30.5 Å². The summed E-state index contributed by atoms with van der Waals surface area (Å²) in [6, 6.07) is 6.15. The van der Waals surface area contributed by atoms with Crippen LogP contribution in [0.5, 0.6) is 5.75 Å². The van der Waals surface area contributed by atoms with Gasteiger partial charge in [-0.15, -0.1) is 0 Å². The molecule has 0 spiro atoms. The van der Waals surface area contributed by atoms with Crippen molar-refractivity contribution in [3.05, 3.63) is 41.0 Å². The van der Waals surface area contributed by atoms with E-state index in [1.54, 1.807) is 7.11 Å². The van der Waals surface area contributed by atoms with E-state index in [0.29, 0.717) is 18.7 Å². The fraction of sp³-hybridized carbons (Fsp3) is 0.550. The van der Waals surface area contributed by atoms with Gasteiger partial charge in [-0.3, -0.25) is 4.79 Å². The van der Waals surface area contributed by atoms with Crippen molar-refractivity contribution in [3.63, 3.8) is 0 Å². The highest BCUT2D eigenvalue weighted by atomic mass is 16.5. The van der Waals surface area contributed by atoms with Crippen molar-refractivity contribution in [3.8, 4) is 5.75 Å². The van der Waals surface area contributed by atoms with Gasteiger partial charge in [0.2, 0.25) is 11.8 Å². The summed E-state index contributed by atoms with van der Waals surface area (Å²) in [5, 5.41) is 3.95. The number of fused-ring (bicyclic) bond motifs is 1. The maximum atomic E-state index is 12.6. The van der Waals surface area contributed by atoms with E-state index in [0.717, 1.165) is 56.8 Å². The van der Waals surface area contributed by atoms with Gasteiger partial charge in [-0.1, -0.05) is 24.2 Å². The van der Waals surface area contributed by atoms with E-state index < -0.39 is 0 Å². The minimum absolute atomic E-state index is 0.199. The molecule has 1 aromatic carbocycles. The summed E-state index contributed by atoms with van der Waals surface area (Å²) in [7, 11) is 1.70. The van der Waals surface area contributed by atoms with E-state index in [4.69, 9.17) is 9.26 Å². The quantitative estimate of drug-likeness (QED) is 0.762. The minimum Gasteiger partial charge on any atom is -0.496 e. The van der Waals surface area contributed by atoms with Crippen molar-refractivity contribution in [2.75, 3.05) is 20.2 Å². The molecule has 6 nitrogen and oxygen atoms in total. The average Bonchev–Trinajstić information content (AvgIpc) is 2.97. The third-order valence-electron chi connectivity index (χ3n) is 4.85. The van der Waals surface area contributed by atoms with Gasteiger partial charge in [0.1, 0.15) is 5.75 Å². The lowest BCUT2D eigenvalue weighted by molar-refractivity contribution is -0.131. The highest BCUT2D eigenvalue weighted by Crippen LogP contribution is 2.26. The monoisotopic (exact) mass is 357 g/mol. The van der Waals surface area contributed by atoms with Crippen molar-refractivity contribution in [1.29, 1.82) is 0 Å². The van der Waals surface area contributed by atoms with E-state index in [1.165, 1.54) is 11.1 Å². The predicted octanol–water partition coefficient (Wildman–Crippen LogP) is 2.98. The van der Waals surface area contributed by atoms with Crippen molar-refractivity contribution in [1.82, 2.24) is 15.0 Å². The van der Waals surface area contributed by atoms with Gasteiger partial charge in [0, 0.05) is 32.4 Å². The van der Waals surface area contributed by atoms with Gasteiger partial charge in [0.15, 0.2) is 5.82 Å². The molecule has 0 saturated carbocycles. The van der Waals surface area contributed by atoms with E-state index in [2.05, 4.69) is 23.1 Å². The molecule has 0 saturated heterocycles. The molecular weight excluding hydrogens is 330 g/mol. The lowest BCUT2D eigenvalue weighted by Gasteiger charge is -2.20. The molecule has 0 atom stereocenters. The van der Waals surface area contributed by atoms with E-state index in [1.807, 2.05) is 17.0 Å². The number of methoxy groups -OCH3 is 1. The molecule has 0 aliphatic carbocycles. The van der Waals surface area contributed by atoms with Crippen LogP contribution in [0.1, 0.15) is 49.0 Å². The summed E-state index contributed by atoms with van der Waals surface area (Å²) in [5.41, 5.74) is 2.52. The Morgan fingerprint density at radius 1 is 1.27 bits per heavy atom. The summed E-state index contributed by atoms with van der Waals surface area (Å²) < 4.78 is 10.7. The lowest BCUT2D eigenvalue weighted by atomic mass is 10.0. The smallest absolute Gasteiger partial charge is 0.226 e. The molecule has 3 rings (SSSR count). The maximum Gasteiger partial charge on any atom is 0.226 e. The molecule has 0 fully saturated rings. The molecule has 140 valence electrons. The molecule has 1 aliphatic heterocycles. The Labute approximate surface area is 154 Å². The molecule has 26 heavy (non-hydrogen) atoms. The molecule has 6 heteroatoms. The highest BCUT2D eigenvalue weighted by Gasteiger charge is 2.20. The Balaban J connectivity index is 1.49. The molecule has 0 N–H and O–H groups in total. The number of hydrogen-bond acceptors (Lipinski definition) is 5. The first kappa shape index (κ1) is 18.4. The summed E-state index contributed by atoms with van der Waals surface area (Å²) in [6.45, 7) is 3.59. The second-order valence-corrected chi connectivity index (χ2v) is 6.69. The van der Waals surface area contributed by atoms with Gasteiger partial charge >= 0.3 is 0 Å². The summed E-state index contributed by atoms with van der Waals surface area (Å²) in [5.74, 6) is 2.52. The number of amides is 1. The Kier molecular flexibility index (Phi) is 6.26. The van der Waals surface area contributed by atoms with Gasteiger partial charge in [0.25, 0.3) is 0 Å². The van der Waals surface area contributed by atoms with Crippen LogP contribution < -0.4 is 4.74 Å². The molecular formula is C20H27N3O3.